The minimum Gasteiger partial charge on any atom is -0.491 e. The van der Waals surface area contributed by atoms with Gasteiger partial charge in [0.05, 0.1) is 12.0 Å². The molecule has 28 heavy (non-hydrogen) atoms. The van der Waals surface area contributed by atoms with Crippen LogP contribution in [0.25, 0.3) is 0 Å². The molecule has 2 aromatic carbocycles. The highest BCUT2D eigenvalue weighted by Gasteiger charge is 2.43. The minimum absolute atomic E-state index is 0.0239. The third-order valence-corrected chi connectivity index (χ3v) is 5.33. The molecule has 6 heteroatoms. The summed E-state index contributed by atoms with van der Waals surface area (Å²) in [6, 6.07) is 15.4. The normalized spacial score (nSPS) is 15.8. The van der Waals surface area contributed by atoms with Crippen LogP contribution < -0.4 is 4.74 Å². The summed E-state index contributed by atoms with van der Waals surface area (Å²) in [5, 5.41) is 9.82. The molecule has 5 nitrogen and oxygen atoms in total. The van der Waals surface area contributed by atoms with Crippen molar-refractivity contribution in [1.29, 1.82) is 0 Å². The zero-order valence-corrected chi connectivity index (χ0v) is 15.6. The molecular formula is C22H24FNO4. The number of benzene rings is 2. The second-order valence-electron chi connectivity index (χ2n) is 7.02. The monoisotopic (exact) mass is 385 g/mol. The van der Waals surface area contributed by atoms with Crippen molar-refractivity contribution in [1.82, 2.24) is 4.90 Å². The number of carbonyl (C=O) groups is 2. The number of likely N-dealkylation sites (tertiary alicyclic amines) is 1. The molecule has 0 spiro atoms. The Morgan fingerprint density at radius 3 is 2.32 bits per heavy atom. The van der Waals surface area contributed by atoms with Crippen molar-refractivity contribution in [3.63, 3.8) is 0 Å². The zero-order chi connectivity index (χ0) is 20.0. The predicted octanol–water partition coefficient (Wildman–Crippen LogP) is 3.63. The Labute approximate surface area is 163 Å². The van der Waals surface area contributed by atoms with Gasteiger partial charge >= 0.3 is 5.97 Å². The van der Waals surface area contributed by atoms with E-state index in [1.54, 1.807) is 23.1 Å². The molecule has 1 fully saturated rings. The van der Waals surface area contributed by atoms with Gasteiger partial charge in [-0.05, 0) is 37.0 Å². The zero-order valence-electron chi connectivity index (χ0n) is 15.6. The Morgan fingerprint density at radius 1 is 1.04 bits per heavy atom. The third kappa shape index (κ3) is 4.32. The maximum Gasteiger partial charge on any atom is 0.314 e. The van der Waals surface area contributed by atoms with Crippen LogP contribution in [0.15, 0.2) is 54.6 Å². The SMILES string of the molecule is O=C(CCCOc1ccccc1F)N1CCC(C(=O)O)(c2ccccc2)CC1. The van der Waals surface area contributed by atoms with E-state index in [0.29, 0.717) is 38.8 Å². The van der Waals surface area contributed by atoms with E-state index in [-0.39, 0.29) is 18.3 Å². The van der Waals surface area contributed by atoms with Crippen LogP contribution in [-0.2, 0) is 15.0 Å². The maximum atomic E-state index is 13.5. The van der Waals surface area contributed by atoms with Gasteiger partial charge in [0.2, 0.25) is 5.91 Å². The van der Waals surface area contributed by atoms with Crippen molar-refractivity contribution >= 4 is 11.9 Å². The lowest BCUT2D eigenvalue weighted by atomic mass is 9.73. The molecule has 1 N–H and O–H groups in total. The number of rotatable bonds is 7. The number of carboxylic acid groups (broad SMARTS) is 1. The fourth-order valence-corrected chi connectivity index (χ4v) is 3.65. The molecule has 1 aliphatic heterocycles. The Kier molecular flexibility index (Phi) is 6.29. The van der Waals surface area contributed by atoms with Crippen LogP contribution in [0.3, 0.4) is 0 Å². The minimum atomic E-state index is -0.939. The fourth-order valence-electron chi connectivity index (χ4n) is 3.65. The van der Waals surface area contributed by atoms with Gasteiger partial charge in [0.1, 0.15) is 0 Å². The first-order valence-electron chi connectivity index (χ1n) is 9.47. The number of para-hydroxylation sites is 1. The first-order chi connectivity index (χ1) is 13.5. The van der Waals surface area contributed by atoms with Crippen LogP contribution in [-0.4, -0.2) is 41.6 Å². The molecular weight excluding hydrogens is 361 g/mol. The van der Waals surface area contributed by atoms with Crippen LogP contribution >= 0.6 is 0 Å². The number of carbonyl (C=O) groups excluding carboxylic acids is 1. The first-order valence-corrected chi connectivity index (χ1v) is 9.47. The van der Waals surface area contributed by atoms with E-state index in [4.69, 9.17) is 4.74 Å². The lowest BCUT2D eigenvalue weighted by Crippen LogP contribution is -2.49. The van der Waals surface area contributed by atoms with Crippen molar-refractivity contribution in [2.45, 2.75) is 31.1 Å². The standard InChI is InChI=1S/C22H24FNO4/c23-18-9-4-5-10-19(18)28-16-6-11-20(25)24-14-12-22(13-15-24,21(26)27)17-7-2-1-3-8-17/h1-5,7-10H,6,11-16H2,(H,26,27). The summed E-state index contributed by atoms with van der Waals surface area (Å²) in [6.07, 6.45) is 1.56. The second kappa shape index (κ2) is 8.87. The highest BCUT2D eigenvalue weighted by Crippen LogP contribution is 2.36. The molecule has 0 radical (unpaired) electrons. The number of piperidine rings is 1. The predicted molar refractivity (Wildman–Crippen MR) is 103 cm³/mol. The van der Waals surface area contributed by atoms with Gasteiger partial charge in [-0.3, -0.25) is 9.59 Å². The van der Waals surface area contributed by atoms with Crippen molar-refractivity contribution in [2.24, 2.45) is 0 Å². The number of hydrogen-bond acceptors (Lipinski definition) is 3. The van der Waals surface area contributed by atoms with E-state index in [1.165, 1.54) is 6.07 Å². The first kappa shape index (κ1) is 19.9. The molecule has 1 heterocycles. The Bertz CT molecular complexity index is 816. The fraction of sp³-hybridized carbons (Fsp3) is 0.364. The molecule has 1 amide bonds. The van der Waals surface area contributed by atoms with E-state index >= 15 is 0 Å². The maximum absolute atomic E-state index is 13.5. The molecule has 148 valence electrons. The van der Waals surface area contributed by atoms with Crippen LogP contribution in [0, 0.1) is 5.82 Å². The van der Waals surface area contributed by atoms with Crippen LogP contribution in [0.5, 0.6) is 5.75 Å². The van der Waals surface area contributed by atoms with Crippen molar-refractivity contribution in [3.05, 3.63) is 66.0 Å². The average molecular weight is 385 g/mol. The number of ether oxygens (including phenoxy) is 1. The average Bonchev–Trinajstić information content (AvgIpc) is 2.73. The lowest BCUT2D eigenvalue weighted by Gasteiger charge is -2.39. The number of hydrogen-bond donors (Lipinski definition) is 1. The van der Waals surface area contributed by atoms with Crippen molar-refractivity contribution in [2.75, 3.05) is 19.7 Å². The number of amides is 1. The van der Waals surface area contributed by atoms with E-state index in [1.807, 2.05) is 30.3 Å². The summed E-state index contributed by atoms with van der Waals surface area (Å²) >= 11 is 0. The molecule has 1 aliphatic rings. The molecule has 1 saturated heterocycles. The highest BCUT2D eigenvalue weighted by molar-refractivity contribution is 5.82. The van der Waals surface area contributed by atoms with E-state index in [0.717, 1.165) is 5.56 Å². The highest BCUT2D eigenvalue weighted by atomic mass is 19.1. The molecule has 0 saturated carbocycles. The Hall–Kier alpha value is -2.89. The molecule has 0 unspecified atom stereocenters. The molecule has 3 rings (SSSR count). The Balaban J connectivity index is 1.49. The van der Waals surface area contributed by atoms with E-state index in [2.05, 4.69) is 0 Å². The molecule has 0 aliphatic carbocycles. The van der Waals surface area contributed by atoms with Gasteiger partial charge in [-0.1, -0.05) is 42.5 Å². The second-order valence-corrected chi connectivity index (χ2v) is 7.02. The van der Waals surface area contributed by atoms with Crippen molar-refractivity contribution < 1.29 is 23.8 Å². The molecule has 0 aromatic heterocycles. The van der Waals surface area contributed by atoms with Crippen LogP contribution in [0.2, 0.25) is 0 Å². The summed E-state index contributed by atoms with van der Waals surface area (Å²) in [5.74, 6) is -1.11. The van der Waals surface area contributed by atoms with Crippen molar-refractivity contribution in [3.8, 4) is 5.75 Å². The summed E-state index contributed by atoms with van der Waals surface area (Å²) in [6.45, 7) is 1.08. The van der Waals surface area contributed by atoms with Crippen LogP contribution in [0.4, 0.5) is 4.39 Å². The van der Waals surface area contributed by atoms with E-state index < -0.39 is 17.2 Å². The van der Waals surface area contributed by atoms with Gasteiger partial charge in [0.25, 0.3) is 0 Å². The molecule has 0 bridgehead atoms. The number of carboxylic acids is 1. The van der Waals surface area contributed by atoms with Gasteiger partial charge in [-0.15, -0.1) is 0 Å². The quantitative estimate of drug-likeness (QED) is 0.739. The summed E-state index contributed by atoms with van der Waals surface area (Å²) in [4.78, 5) is 26.1. The van der Waals surface area contributed by atoms with Gasteiger partial charge in [-0.25, -0.2) is 4.39 Å². The summed E-state index contributed by atoms with van der Waals surface area (Å²) in [7, 11) is 0. The van der Waals surface area contributed by atoms with E-state index in [9.17, 15) is 19.1 Å². The third-order valence-electron chi connectivity index (χ3n) is 5.33. The topological polar surface area (TPSA) is 66.8 Å². The number of nitrogens with zero attached hydrogens (tertiary/aromatic N) is 1. The van der Waals surface area contributed by atoms with Crippen LogP contribution in [0.1, 0.15) is 31.2 Å². The molecule has 0 atom stereocenters. The summed E-state index contributed by atoms with van der Waals surface area (Å²) in [5.41, 5.74) is -0.153. The van der Waals surface area contributed by atoms with Gasteiger partial charge in [0, 0.05) is 19.5 Å². The summed E-state index contributed by atoms with van der Waals surface area (Å²) < 4.78 is 18.9. The largest absolute Gasteiger partial charge is 0.491 e. The van der Waals surface area contributed by atoms with Gasteiger partial charge < -0.3 is 14.7 Å². The van der Waals surface area contributed by atoms with Gasteiger partial charge in [-0.2, -0.15) is 0 Å². The number of halogens is 1. The van der Waals surface area contributed by atoms with Gasteiger partial charge in [0.15, 0.2) is 11.6 Å². The Morgan fingerprint density at radius 2 is 1.68 bits per heavy atom. The smallest absolute Gasteiger partial charge is 0.314 e. The molecule has 2 aromatic rings. The lowest BCUT2D eigenvalue weighted by molar-refractivity contribution is -0.148. The number of aliphatic carboxylic acids is 1.